The Hall–Kier alpha value is -4.63. The summed E-state index contributed by atoms with van der Waals surface area (Å²) in [6.45, 7) is 3.71. The smallest absolute Gasteiger partial charge is 0.264 e. The van der Waals surface area contributed by atoms with Crippen molar-refractivity contribution in [1.82, 2.24) is 10.2 Å². The number of amides is 2. The lowest BCUT2D eigenvalue weighted by Crippen LogP contribution is -2.55. The lowest BCUT2D eigenvalue weighted by atomic mass is 9.94. The number of carbonyl (C=O) groups is 2. The Kier molecular flexibility index (Phi) is 11.9. The molecule has 1 aliphatic carbocycles. The maximum absolute atomic E-state index is 14.8. The average molecular weight is 668 g/mol. The van der Waals surface area contributed by atoms with Crippen LogP contribution in [0.15, 0.2) is 114 Å². The molecule has 48 heavy (non-hydrogen) atoms. The average Bonchev–Trinajstić information content (AvgIpc) is 3.11. The second-order valence-corrected chi connectivity index (χ2v) is 14.1. The van der Waals surface area contributed by atoms with Gasteiger partial charge in [-0.1, -0.05) is 110 Å². The first-order chi connectivity index (χ1) is 23.3. The van der Waals surface area contributed by atoms with E-state index in [1.165, 1.54) is 12.1 Å². The Morgan fingerprint density at radius 1 is 0.812 bits per heavy atom. The Labute approximate surface area is 284 Å². The fraction of sp³-hybridized carbons (Fsp3) is 0.333. The van der Waals surface area contributed by atoms with Crippen molar-refractivity contribution in [2.75, 3.05) is 17.5 Å². The Morgan fingerprint density at radius 2 is 1.44 bits per heavy atom. The van der Waals surface area contributed by atoms with Crippen LogP contribution in [0.5, 0.6) is 5.75 Å². The molecule has 9 heteroatoms. The van der Waals surface area contributed by atoms with E-state index < -0.39 is 28.5 Å². The normalized spacial score (nSPS) is 14.1. The van der Waals surface area contributed by atoms with Gasteiger partial charge in [-0.2, -0.15) is 0 Å². The van der Waals surface area contributed by atoms with Crippen molar-refractivity contribution in [3.63, 3.8) is 0 Å². The first kappa shape index (κ1) is 34.7. The molecule has 4 aromatic carbocycles. The summed E-state index contributed by atoms with van der Waals surface area (Å²) in [6, 6.07) is 31.5. The van der Waals surface area contributed by atoms with E-state index in [0.717, 1.165) is 53.1 Å². The third-order valence-corrected chi connectivity index (χ3v) is 10.5. The molecule has 2 amide bonds. The number of para-hydroxylation sites is 2. The van der Waals surface area contributed by atoms with Crippen molar-refractivity contribution >= 4 is 27.5 Å². The fourth-order valence-electron chi connectivity index (χ4n) is 6.16. The van der Waals surface area contributed by atoms with E-state index >= 15 is 0 Å². The molecule has 1 N–H and O–H groups in total. The molecule has 0 aromatic heterocycles. The van der Waals surface area contributed by atoms with Gasteiger partial charge < -0.3 is 15.0 Å². The number of sulfonamides is 1. The summed E-state index contributed by atoms with van der Waals surface area (Å²) >= 11 is 0. The molecule has 4 aromatic rings. The van der Waals surface area contributed by atoms with Gasteiger partial charge in [-0.15, -0.1) is 0 Å². The van der Waals surface area contributed by atoms with E-state index in [2.05, 4.69) is 5.32 Å². The monoisotopic (exact) mass is 667 g/mol. The van der Waals surface area contributed by atoms with E-state index in [1.807, 2.05) is 68.4 Å². The van der Waals surface area contributed by atoms with E-state index in [-0.39, 0.29) is 35.5 Å². The minimum atomic E-state index is -4.22. The quantitative estimate of drug-likeness (QED) is 0.162. The standard InChI is InChI=1S/C39H45N3O5S/c1-3-47-37-22-14-13-21-35(37)42(48(45,46)34-19-11-6-12-20-34)29-38(43)41(28-32-25-23-30(2)24-26-32)36(27-31-15-7-4-8-16-31)39(44)40-33-17-9-5-10-18-33/h4,6-8,11-16,19-26,33,36H,3,5,9-10,17-18,27-29H2,1-2H3,(H,40,44)/t36-/m0/s1. The lowest BCUT2D eigenvalue weighted by molar-refractivity contribution is -0.140. The molecule has 1 aliphatic rings. The van der Waals surface area contributed by atoms with Crippen LogP contribution >= 0.6 is 0 Å². The molecular weight excluding hydrogens is 623 g/mol. The molecular formula is C39H45N3O5S. The van der Waals surface area contributed by atoms with Crippen molar-refractivity contribution < 1.29 is 22.7 Å². The molecule has 1 atom stereocenters. The largest absolute Gasteiger partial charge is 0.492 e. The number of carbonyl (C=O) groups excluding carboxylic acids is 2. The van der Waals surface area contributed by atoms with Crippen molar-refractivity contribution in [3.05, 3.63) is 126 Å². The minimum Gasteiger partial charge on any atom is -0.492 e. The molecule has 1 saturated carbocycles. The number of nitrogens with zero attached hydrogens (tertiary/aromatic N) is 2. The highest BCUT2D eigenvalue weighted by atomic mass is 32.2. The van der Waals surface area contributed by atoms with E-state index in [0.29, 0.717) is 12.4 Å². The van der Waals surface area contributed by atoms with E-state index in [4.69, 9.17) is 4.74 Å². The van der Waals surface area contributed by atoms with Crippen LogP contribution < -0.4 is 14.4 Å². The zero-order chi connectivity index (χ0) is 33.9. The maximum Gasteiger partial charge on any atom is 0.264 e. The molecule has 0 bridgehead atoms. The van der Waals surface area contributed by atoms with Crippen LogP contribution in [0, 0.1) is 6.92 Å². The second kappa shape index (κ2) is 16.5. The molecule has 0 aliphatic heterocycles. The topological polar surface area (TPSA) is 96.0 Å². The van der Waals surface area contributed by atoms with Crippen molar-refractivity contribution in [1.29, 1.82) is 0 Å². The molecule has 0 heterocycles. The summed E-state index contributed by atoms with van der Waals surface area (Å²) in [5.41, 5.74) is 3.06. The Morgan fingerprint density at radius 3 is 2.10 bits per heavy atom. The molecule has 0 radical (unpaired) electrons. The van der Waals surface area contributed by atoms with Gasteiger partial charge in [0.1, 0.15) is 18.3 Å². The first-order valence-corrected chi connectivity index (χ1v) is 18.2. The van der Waals surface area contributed by atoms with E-state index in [1.54, 1.807) is 47.4 Å². The molecule has 0 saturated heterocycles. The minimum absolute atomic E-state index is 0.0360. The SMILES string of the molecule is CCOc1ccccc1N(CC(=O)N(Cc1ccc(C)cc1)[C@@H](Cc1ccccc1)C(=O)NC1CCCCC1)S(=O)(=O)c1ccccc1. The Balaban J connectivity index is 1.58. The van der Waals surface area contributed by atoms with Crippen molar-refractivity contribution in [2.24, 2.45) is 0 Å². The van der Waals surface area contributed by atoms with Crippen LogP contribution in [0.1, 0.15) is 55.7 Å². The third-order valence-electron chi connectivity index (χ3n) is 8.74. The van der Waals surface area contributed by atoms with Gasteiger partial charge in [-0.3, -0.25) is 13.9 Å². The van der Waals surface area contributed by atoms with Gasteiger partial charge in [0.25, 0.3) is 10.0 Å². The van der Waals surface area contributed by atoms with Gasteiger partial charge in [0.05, 0.1) is 17.2 Å². The van der Waals surface area contributed by atoms with Crippen LogP contribution in [-0.2, 0) is 32.6 Å². The second-order valence-electron chi connectivity index (χ2n) is 12.3. The van der Waals surface area contributed by atoms with Crippen LogP contribution in [0.2, 0.25) is 0 Å². The number of anilines is 1. The summed E-state index contributed by atoms with van der Waals surface area (Å²) in [7, 11) is -4.22. The third kappa shape index (κ3) is 8.83. The van der Waals surface area contributed by atoms with Crippen LogP contribution in [-0.4, -0.2) is 50.4 Å². The highest BCUT2D eigenvalue weighted by Gasteiger charge is 2.36. The number of nitrogens with one attached hydrogen (secondary N) is 1. The number of hydrogen-bond donors (Lipinski definition) is 1. The van der Waals surface area contributed by atoms with Crippen LogP contribution in [0.4, 0.5) is 5.69 Å². The summed E-state index contributed by atoms with van der Waals surface area (Å²) in [4.78, 5) is 30.6. The summed E-state index contributed by atoms with van der Waals surface area (Å²) in [5, 5.41) is 3.25. The zero-order valence-corrected chi connectivity index (χ0v) is 28.6. The molecule has 0 unspecified atom stereocenters. The summed E-state index contributed by atoms with van der Waals surface area (Å²) < 4.78 is 35.6. The number of rotatable bonds is 14. The molecule has 8 nitrogen and oxygen atoms in total. The van der Waals surface area contributed by atoms with E-state index in [9.17, 15) is 18.0 Å². The van der Waals surface area contributed by atoms with Gasteiger partial charge >= 0.3 is 0 Å². The highest BCUT2D eigenvalue weighted by molar-refractivity contribution is 7.92. The predicted molar refractivity (Wildman–Crippen MR) is 189 cm³/mol. The van der Waals surface area contributed by atoms with Gasteiger partial charge in [0.15, 0.2) is 0 Å². The first-order valence-electron chi connectivity index (χ1n) is 16.7. The van der Waals surface area contributed by atoms with Gasteiger partial charge in [-0.25, -0.2) is 8.42 Å². The van der Waals surface area contributed by atoms with Crippen LogP contribution in [0.25, 0.3) is 0 Å². The molecule has 252 valence electrons. The fourth-order valence-corrected chi connectivity index (χ4v) is 7.61. The highest BCUT2D eigenvalue weighted by Crippen LogP contribution is 2.33. The molecule has 1 fully saturated rings. The Bertz CT molecular complexity index is 1740. The number of benzene rings is 4. The predicted octanol–water partition coefficient (Wildman–Crippen LogP) is 6.68. The summed E-state index contributed by atoms with van der Waals surface area (Å²) in [6.07, 6.45) is 5.31. The van der Waals surface area contributed by atoms with Gasteiger partial charge in [-0.05, 0) is 62.1 Å². The molecule has 0 spiro atoms. The van der Waals surface area contributed by atoms with Crippen molar-refractivity contribution in [2.45, 2.75) is 75.9 Å². The molecule has 5 rings (SSSR count). The van der Waals surface area contributed by atoms with Crippen molar-refractivity contribution in [3.8, 4) is 5.75 Å². The lowest BCUT2D eigenvalue weighted by Gasteiger charge is -2.35. The van der Waals surface area contributed by atoms with Gasteiger partial charge in [0.2, 0.25) is 11.8 Å². The number of hydrogen-bond acceptors (Lipinski definition) is 5. The van der Waals surface area contributed by atoms with Gasteiger partial charge in [0, 0.05) is 19.0 Å². The maximum atomic E-state index is 14.8. The van der Waals surface area contributed by atoms with Crippen LogP contribution in [0.3, 0.4) is 0 Å². The number of ether oxygens (including phenoxy) is 1. The number of aryl methyl sites for hydroxylation is 1. The zero-order valence-electron chi connectivity index (χ0n) is 27.8. The summed E-state index contributed by atoms with van der Waals surface area (Å²) in [5.74, 6) is -0.396.